The van der Waals surface area contributed by atoms with Gasteiger partial charge in [0, 0.05) is 0 Å². The number of hydrogen-bond donors (Lipinski definition) is 0. The average molecular weight is 205 g/mol. The second kappa shape index (κ2) is 8.38. The van der Waals surface area contributed by atoms with Crippen molar-refractivity contribution in [3.8, 4) is 6.07 Å². The van der Waals surface area contributed by atoms with Crippen LogP contribution in [0.3, 0.4) is 0 Å². The van der Waals surface area contributed by atoms with Crippen molar-refractivity contribution in [2.24, 2.45) is 0 Å². The van der Waals surface area contributed by atoms with Gasteiger partial charge >= 0.3 is 0 Å². The van der Waals surface area contributed by atoms with E-state index in [4.69, 9.17) is 17.5 Å². The number of thioether (sulfide) groups is 2. The van der Waals surface area contributed by atoms with E-state index in [0.29, 0.717) is 5.75 Å². The van der Waals surface area contributed by atoms with Crippen LogP contribution in [0.15, 0.2) is 0 Å². The minimum Gasteiger partial charge on any atom is -0.197 e. The molecule has 11 heavy (non-hydrogen) atoms. The smallest absolute Gasteiger partial charge is 0.105 e. The van der Waals surface area contributed by atoms with Crippen LogP contribution in [-0.4, -0.2) is 15.0 Å². The summed E-state index contributed by atoms with van der Waals surface area (Å²) in [7, 11) is 0. The maximum Gasteiger partial charge on any atom is 0.105 e. The van der Waals surface area contributed by atoms with Gasteiger partial charge in [0.05, 0.1) is 11.8 Å². The molecule has 0 heterocycles. The monoisotopic (exact) mass is 205 g/mol. The number of hydrogen-bond acceptors (Lipinski definition) is 4. The van der Waals surface area contributed by atoms with Gasteiger partial charge in [0.1, 0.15) is 3.53 Å². The summed E-state index contributed by atoms with van der Waals surface area (Å²) >= 11 is 8.15. The lowest BCUT2D eigenvalue weighted by atomic mass is 10.4. The fraction of sp³-hybridized carbons (Fsp3) is 0.714. The standard InChI is InChI=1S/C7H11NS3/c1-2-3-5-10-7(9)11-6-4-8/h2-3,5-6H2,1H3. The summed E-state index contributed by atoms with van der Waals surface area (Å²) < 4.78 is 0.903. The fourth-order valence-corrected chi connectivity index (χ4v) is 2.40. The first-order valence-electron chi connectivity index (χ1n) is 3.47. The molecular formula is C7H11NS3. The van der Waals surface area contributed by atoms with E-state index in [0.717, 1.165) is 9.28 Å². The Morgan fingerprint density at radius 1 is 1.55 bits per heavy atom. The second-order valence-electron chi connectivity index (χ2n) is 1.90. The Hall–Kier alpha value is 0.280. The van der Waals surface area contributed by atoms with E-state index in [1.165, 1.54) is 24.6 Å². The van der Waals surface area contributed by atoms with E-state index in [1.54, 1.807) is 11.8 Å². The largest absolute Gasteiger partial charge is 0.197 e. The van der Waals surface area contributed by atoms with E-state index < -0.39 is 0 Å². The van der Waals surface area contributed by atoms with Crippen LogP contribution in [-0.2, 0) is 0 Å². The van der Waals surface area contributed by atoms with Crippen molar-refractivity contribution in [2.45, 2.75) is 19.8 Å². The van der Waals surface area contributed by atoms with E-state index in [1.807, 2.05) is 0 Å². The van der Waals surface area contributed by atoms with Gasteiger partial charge in [-0.05, 0) is 12.2 Å². The molecule has 0 saturated carbocycles. The highest BCUT2D eigenvalue weighted by Crippen LogP contribution is 2.17. The maximum absolute atomic E-state index is 8.25. The fourth-order valence-electron chi connectivity index (χ4n) is 0.433. The number of unbranched alkanes of at least 4 members (excludes halogenated alkanes) is 1. The topological polar surface area (TPSA) is 23.8 Å². The number of nitriles is 1. The van der Waals surface area contributed by atoms with Crippen molar-refractivity contribution in [2.75, 3.05) is 11.5 Å². The normalized spacial score (nSPS) is 9.09. The molecule has 4 heteroatoms. The highest BCUT2D eigenvalue weighted by molar-refractivity contribution is 8.47. The van der Waals surface area contributed by atoms with E-state index in [9.17, 15) is 0 Å². The van der Waals surface area contributed by atoms with E-state index >= 15 is 0 Å². The molecule has 0 atom stereocenters. The minimum absolute atomic E-state index is 0.484. The van der Waals surface area contributed by atoms with E-state index in [2.05, 4.69) is 13.0 Å². The predicted molar refractivity (Wildman–Crippen MR) is 58.0 cm³/mol. The third kappa shape index (κ3) is 8.18. The van der Waals surface area contributed by atoms with Crippen LogP contribution in [0.5, 0.6) is 0 Å². The molecule has 0 aliphatic rings. The number of thiocarbonyl (C=S) groups is 1. The molecule has 0 spiro atoms. The van der Waals surface area contributed by atoms with Crippen molar-refractivity contribution < 1.29 is 0 Å². The Labute approximate surface area is 81.9 Å². The molecule has 0 aromatic heterocycles. The van der Waals surface area contributed by atoms with Gasteiger partial charge < -0.3 is 0 Å². The Morgan fingerprint density at radius 2 is 2.27 bits per heavy atom. The molecule has 1 nitrogen and oxygen atoms in total. The minimum atomic E-state index is 0.484. The molecule has 0 aromatic rings. The van der Waals surface area contributed by atoms with Crippen LogP contribution in [0.2, 0.25) is 0 Å². The van der Waals surface area contributed by atoms with Crippen LogP contribution in [0.1, 0.15) is 19.8 Å². The lowest BCUT2D eigenvalue weighted by molar-refractivity contribution is 0.898. The molecular weight excluding hydrogens is 194 g/mol. The maximum atomic E-state index is 8.25. The van der Waals surface area contributed by atoms with Gasteiger partial charge in [0.2, 0.25) is 0 Å². The van der Waals surface area contributed by atoms with Gasteiger partial charge in [-0.3, -0.25) is 0 Å². The molecule has 0 unspecified atom stereocenters. The van der Waals surface area contributed by atoms with Crippen LogP contribution >= 0.6 is 35.7 Å². The van der Waals surface area contributed by atoms with Crippen LogP contribution in [0, 0.1) is 11.3 Å². The molecule has 0 saturated heterocycles. The van der Waals surface area contributed by atoms with Crippen LogP contribution in [0.4, 0.5) is 0 Å². The van der Waals surface area contributed by atoms with E-state index in [-0.39, 0.29) is 0 Å². The summed E-state index contributed by atoms with van der Waals surface area (Å²) in [5, 5.41) is 8.25. The Balaban J connectivity index is 3.17. The van der Waals surface area contributed by atoms with Crippen molar-refractivity contribution in [1.29, 1.82) is 5.26 Å². The molecule has 0 amide bonds. The lowest BCUT2D eigenvalue weighted by Crippen LogP contribution is -1.85. The summed E-state index contributed by atoms with van der Waals surface area (Å²) in [4.78, 5) is 0. The number of nitrogens with zero attached hydrogens (tertiary/aromatic N) is 1. The zero-order valence-electron chi connectivity index (χ0n) is 6.50. The Morgan fingerprint density at radius 3 is 2.82 bits per heavy atom. The molecule has 0 bridgehead atoms. The zero-order valence-corrected chi connectivity index (χ0v) is 8.95. The molecule has 0 rings (SSSR count). The van der Waals surface area contributed by atoms with Gasteiger partial charge in [-0.15, -0.1) is 11.8 Å². The zero-order chi connectivity index (χ0) is 8.53. The van der Waals surface area contributed by atoms with Crippen molar-refractivity contribution in [3.05, 3.63) is 0 Å². The molecule has 0 aliphatic carbocycles. The Kier molecular flexibility index (Phi) is 8.59. The van der Waals surface area contributed by atoms with Crippen molar-refractivity contribution >= 4 is 39.3 Å². The van der Waals surface area contributed by atoms with Gasteiger partial charge in [0.15, 0.2) is 0 Å². The summed E-state index contributed by atoms with van der Waals surface area (Å²) in [6, 6.07) is 2.05. The molecule has 0 fully saturated rings. The summed E-state index contributed by atoms with van der Waals surface area (Å²) in [6.07, 6.45) is 2.41. The molecule has 0 aromatic carbocycles. The molecule has 0 N–H and O–H groups in total. The first-order chi connectivity index (χ1) is 5.31. The SMILES string of the molecule is CCCCSC(=S)SCC#N. The molecule has 0 aliphatic heterocycles. The van der Waals surface area contributed by atoms with Crippen LogP contribution < -0.4 is 0 Å². The summed E-state index contributed by atoms with van der Waals surface area (Å²) in [5.74, 6) is 1.58. The Bertz CT molecular complexity index is 150. The summed E-state index contributed by atoms with van der Waals surface area (Å²) in [6.45, 7) is 2.16. The van der Waals surface area contributed by atoms with Crippen molar-refractivity contribution in [1.82, 2.24) is 0 Å². The lowest BCUT2D eigenvalue weighted by Gasteiger charge is -1.97. The van der Waals surface area contributed by atoms with Crippen molar-refractivity contribution in [3.63, 3.8) is 0 Å². The third-order valence-electron chi connectivity index (χ3n) is 0.972. The average Bonchev–Trinajstić information content (AvgIpc) is 2.01. The first kappa shape index (κ1) is 11.3. The quantitative estimate of drug-likeness (QED) is 0.520. The third-order valence-corrected chi connectivity index (χ3v) is 3.62. The van der Waals surface area contributed by atoms with Gasteiger partial charge in [-0.1, -0.05) is 37.3 Å². The van der Waals surface area contributed by atoms with Gasteiger partial charge in [0.25, 0.3) is 0 Å². The van der Waals surface area contributed by atoms with Crippen LogP contribution in [0.25, 0.3) is 0 Å². The highest BCUT2D eigenvalue weighted by atomic mass is 32.2. The molecule has 0 radical (unpaired) electrons. The second-order valence-corrected chi connectivity index (χ2v) is 5.17. The highest BCUT2D eigenvalue weighted by Gasteiger charge is 1.96. The predicted octanol–water partition coefficient (Wildman–Crippen LogP) is 3.06. The first-order valence-corrected chi connectivity index (χ1v) is 5.85. The summed E-state index contributed by atoms with van der Waals surface area (Å²) in [5.41, 5.74) is 0. The van der Waals surface area contributed by atoms with Gasteiger partial charge in [-0.2, -0.15) is 5.26 Å². The number of rotatable bonds is 4. The molecule has 62 valence electrons. The van der Waals surface area contributed by atoms with Gasteiger partial charge in [-0.25, -0.2) is 0 Å².